The SMILES string of the molecule is CCC1C(=O)N2C(C(=O)OCc3ccc([N+](=O)[O-])cc3)=C(Sc3ccc([N+](=O)[O-])cc3)CC12. The summed E-state index contributed by atoms with van der Waals surface area (Å²) in [5.41, 5.74) is 0.674. The van der Waals surface area contributed by atoms with Crippen LogP contribution < -0.4 is 0 Å². The van der Waals surface area contributed by atoms with E-state index in [2.05, 4.69) is 0 Å². The number of hydrogen-bond donors (Lipinski definition) is 0. The number of fused-ring (bicyclic) bond motifs is 1. The number of nitro groups is 2. The lowest BCUT2D eigenvalue weighted by Gasteiger charge is -2.43. The number of non-ortho nitro benzene ring substituents is 2. The van der Waals surface area contributed by atoms with Crippen molar-refractivity contribution in [2.24, 2.45) is 5.92 Å². The lowest BCUT2D eigenvalue weighted by Crippen LogP contribution is -2.58. The van der Waals surface area contributed by atoms with Crippen molar-refractivity contribution in [1.82, 2.24) is 4.90 Å². The molecule has 4 rings (SSSR count). The summed E-state index contributed by atoms with van der Waals surface area (Å²) in [6.45, 7) is 1.83. The highest BCUT2D eigenvalue weighted by Crippen LogP contribution is 2.49. The summed E-state index contributed by atoms with van der Waals surface area (Å²) in [4.78, 5) is 49.1. The number of thioether (sulfide) groups is 1. The Balaban J connectivity index is 1.53. The minimum atomic E-state index is -0.650. The van der Waals surface area contributed by atoms with E-state index in [9.17, 15) is 29.8 Å². The first kappa shape index (κ1) is 22.5. The number of ether oxygens (including phenoxy) is 1. The fraction of sp³-hybridized carbons (Fsp3) is 0.273. The van der Waals surface area contributed by atoms with E-state index < -0.39 is 15.8 Å². The fourth-order valence-corrected chi connectivity index (χ4v) is 5.08. The highest BCUT2D eigenvalue weighted by Gasteiger charge is 2.54. The van der Waals surface area contributed by atoms with E-state index in [1.807, 2.05) is 6.92 Å². The number of carbonyl (C=O) groups is 2. The van der Waals surface area contributed by atoms with E-state index in [4.69, 9.17) is 4.74 Å². The first-order chi connectivity index (χ1) is 15.8. The fourth-order valence-electron chi connectivity index (χ4n) is 3.99. The number of nitrogens with zero attached hydrogens (tertiary/aromatic N) is 3. The van der Waals surface area contributed by atoms with Gasteiger partial charge in [-0.3, -0.25) is 25.0 Å². The molecule has 2 aliphatic rings. The lowest BCUT2D eigenvalue weighted by molar-refractivity contribution is -0.385. The minimum absolute atomic E-state index is 0.0347. The number of amides is 1. The Hall–Kier alpha value is -3.73. The van der Waals surface area contributed by atoms with Crippen LogP contribution >= 0.6 is 11.8 Å². The van der Waals surface area contributed by atoms with Gasteiger partial charge in [-0.2, -0.15) is 0 Å². The molecule has 1 saturated heterocycles. The Morgan fingerprint density at radius 3 is 2.18 bits per heavy atom. The highest BCUT2D eigenvalue weighted by atomic mass is 32.2. The zero-order chi connectivity index (χ0) is 23.7. The number of carbonyl (C=O) groups excluding carboxylic acids is 2. The third-order valence-corrected chi connectivity index (χ3v) is 6.80. The van der Waals surface area contributed by atoms with Crippen molar-refractivity contribution in [3.8, 4) is 0 Å². The molecule has 0 aliphatic carbocycles. The number of nitro benzene ring substituents is 2. The van der Waals surface area contributed by atoms with Crippen molar-refractivity contribution >= 4 is 35.0 Å². The zero-order valence-electron chi connectivity index (χ0n) is 17.5. The van der Waals surface area contributed by atoms with Gasteiger partial charge in [0.15, 0.2) is 0 Å². The number of esters is 1. The second-order valence-electron chi connectivity index (χ2n) is 7.62. The maximum absolute atomic E-state index is 13.0. The molecule has 33 heavy (non-hydrogen) atoms. The summed E-state index contributed by atoms with van der Waals surface area (Å²) >= 11 is 1.28. The molecule has 1 fully saturated rings. The molecule has 0 bridgehead atoms. The van der Waals surface area contributed by atoms with Gasteiger partial charge in [0.05, 0.1) is 21.8 Å². The largest absolute Gasteiger partial charge is 0.456 e. The van der Waals surface area contributed by atoms with E-state index in [0.29, 0.717) is 28.2 Å². The van der Waals surface area contributed by atoms with Crippen LogP contribution in [0.2, 0.25) is 0 Å². The van der Waals surface area contributed by atoms with Crippen molar-refractivity contribution in [1.29, 1.82) is 0 Å². The van der Waals surface area contributed by atoms with Crippen LogP contribution in [-0.4, -0.2) is 32.7 Å². The predicted molar refractivity (Wildman–Crippen MR) is 118 cm³/mol. The molecule has 11 heteroatoms. The first-order valence-corrected chi connectivity index (χ1v) is 11.0. The van der Waals surface area contributed by atoms with Gasteiger partial charge in [-0.05, 0) is 36.2 Å². The average molecular weight is 469 g/mol. The third-order valence-electron chi connectivity index (χ3n) is 5.69. The highest BCUT2D eigenvalue weighted by molar-refractivity contribution is 8.03. The van der Waals surface area contributed by atoms with Crippen LogP contribution in [0.15, 0.2) is 64.0 Å². The molecule has 1 amide bonds. The lowest BCUT2D eigenvalue weighted by atomic mass is 9.85. The Labute approximate surface area is 192 Å². The van der Waals surface area contributed by atoms with Crippen molar-refractivity contribution in [3.63, 3.8) is 0 Å². The van der Waals surface area contributed by atoms with Crippen LogP contribution in [0.4, 0.5) is 11.4 Å². The number of rotatable bonds is 8. The quantitative estimate of drug-likeness (QED) is 0.243. The van der Waals surface area contributed by atoms with Gasteiger partial charge in [0.1, 0.15) is 12.3 Å². The monoisotopic (exact) mass is 469 g/mol. The van der Waals surface area contributed by atoms with Gasteiger partial charge in [0.25, 0.3) is 11.4 Å². The van der Waals surface area contributed by atoms with Gasteiger partial charge < -0.3 is 9.64 Å². The van der Waals surface area contributed by atoms with Crippen LogP contribution in [-0.2, 0) is 20.9 Å². The molecule has 2 aromatic rings. The second-order valence-corrected chi connectivity index (χ2v) is 8.79. The Morgan fingerprint density at radius 2 is 1.64 bits per heavy atom. The standard InChI is InChI=1S/C22H19N3O7S/c1-2-17-18-11-19(33-16-9-7-15(8-10-16)25(30)31)20(23(18)21(17)26)22(27)32-12-13-3-5-14(6-4-13)24(28)29/h3-10,17-18H,2,11-12H2,1H3. The molecule has 2 aliphatic heterocycles. The minimum Gasteiger partial charge on any atom is -0.456 e. The summed E-state index contributed by atoms with van der Waals surface area (Å²) < 4.78 is 5.44. The maximum Gasteiger partial charge on any atom is 0.356 e. The summed E-state index contributed by atoms with van der Waals surface area (Å²) in [6, 6.07) is 11.5. The Bertz CT molecular complexity index is 1160. The van der Waals surface area contributed by atoms with Crippen LogP contribution in [0, 0.1) is 26.1 Å². The van der Waals surface area contributed by atoms with Crippen molar-refractivity contribution < 1.29 is 24.2 Å². The van der Waals surface area contributed by atoms with Crippen LogP contribution in [0.1, 0.15) is 25.3 Å². The zero-order valence-corrected chi connectivity index (χ0v) is 18.3. The maximum atomic E-state index is 13.0. The summed E-state index contributed by atoms with van der Waals surface area (Å²) in [7, 11) is 0. The summed E-state index contributed by atoms with van der Waals surface area (Å²) in [5, 5.41) is 21.7. The number of β-lactam (4-membered cyclic amide) rings is 1. The average Bonchev–Trinajstić information content (AvgIpc) is 3.13. The molecular formula is C22H19N3O7S. The molecule has 0 N–H and O–H groups in total. The normalized spacial score (nSPS) is 19.2. The smallest absolute Gasteiger partial charge is 0.356 e. The van der Waals surface area contributed by atoms with Gasteiger partial charge in [-0.1, -0.05) is 18.7 Å². The second kappa shape index (κ2) is 9.02. The van der Waals surface area contributed by atoms with E-state index in [1.54, 1.807) is 12.1 Å². The van der Waals surface area contributed by atoms with Crippen molar-refractivity contribution in [3.05, 3.63) is 84.9 Å². The van der Waals surface area contributed by atoms with Crippen molar-refractivity contribution in [2.75, 3.05) is 0 Å². The van der Waals surface area contributed by atoms with Gasteiger partial charge in [0.2, 0.25) is 5.91 Å². The third kappa shape index (κ3) is 4.31. The predicted octanol–water partition coefficient (Wildman–Crippen LogP) is 4.19. The Morgan fingerprint density at radius 1 is 1.06 bits per heavy atom. The molecule has 0 saturated carbocycles. The molecule has 0 spiro atoms. The van der Waals surface area contributed by atoms with Crippen LogP contribution in [0.5, 0.6) is 0 Å². The van der Waals surface area contributed by atoms with E-state index in [-0.39, 0.29) is 41.5 Å². The van der Waals surface area contributed by atoms with Crippen molar-refractivity contribution in [2.45, 2.75) is 37.3 Å². The van der Waals surface area contributed by atoms with Crippen LogP contribution in [0.3, 0.4) is 0 Å². The van der Waals surface area contributed by atoms with E-state index in [1.165, 1.54) is 53.1 Å². The molecule has 2 aromatic carbocycles. The van der Waals surface area contributed by atoms with Gasteiger partial charge in [0, 0.05) is 40.5 Å². The van der Waals surface area contributed by atoms with Gasteiger partial charge in [-0.25, -0.2) is 4.79 Å². The van der Waals surface area contributed by atoms with Gasteiger partial charge in [-0.15, -0.1) is 0 Å². The van der Waals surface area contributed by atoms with Crippen LogP contribution in [0.25, 0.3) is 0 Å². The van der Waals surface area contributed by atoms with E-state index in [0.717, 1.165) is 0 Å². The molecular weight excluding hydrogens is 450 g/mol. The molecule has 10 nitrogen and oxygen atoms in total. The Kier molecular flexibility index (Phi) is 6.14. The first-order valence-electron chi connectivity index (χ1n) is 10.2. The molecule has 0 radical (unpaired) electrons. The topological polar surface area (TPSA) is 133 Å². The van der Waals surface area contributed by atoms with Gasteiger partial charge >= 0.3 is 5.97 Å². The molecule has 170 valence electrons. The number of benzene rings is 2. The molecule has 2 heterocycles. The number of hydrogen-bond acceptors (Lipinski definition) is 8. The van der Waals surface area contributed by atoms with E-state index >= 15 is 0 Å². The molecule has 2 unspecified atom stereocenters. The summed E-state index contributed by atoms with van der Waals surface area (Å²) in [5.74, 6) is -0.926. The molecule has 2 atom stereocenters. The molecule has 0 aromatic heterocycles. The summed E-state index contributed by atoms with van der Waals surface area (Å²) in [6.07, 6.45) is 1.18.